The summed E-state index contributed by atoms with van der Waals surface area (Å²) in [6.07, 6.45) is 0. The maximum absolute atomic E-state index is 2.63. The van der Waals surface area contributed by atoms with Crippen LogP contribution in [0.4, 0.5) is 0 Å². The van der Waals surface area contributed by atoms with E-state index >= 15 is 0 Å². The van der Waals surface area contributed by atoms with Gasteiger partial charge >= 0.3 is 0 Å². The molecule has 0 aromatic heterocycles. The number of nitrogens with zero attached hydrogens (tertiary/aromatic N) is 1. The monoisotopic (exact) mass is 161 g/mol. The van der Waals surface area contributed by atoms with Crippen LogP contribution in [0.2, 0.25) is 19.6 Å². The van der Waals surface area contributed by atoms with Crippen molar-refractivity contribution in [3.05, 3.63) is 0 Å². The van der Waals surface area contributed by atoms with E-state index in [2.05, 4.69) is 37.7 Å². The average molecular weight is 161 g/mol. The van der Waals surface area contributed by atoms with Crippen molar-refractivity contribution in [3.63, 3.8) is 0 Å². The first-order valence-corrected chi connectivity index (χ1v) is 7.93. The fourth-order valence-electron chi connectivity index (χ4n) is 0.775. The van der Waals surface area contributed by atoms with Crippen LogP contribution in [-0.2, 0) is 0 Å². The molecule has 0 saturated carbocycles. The first kappa shape index (κ1) is 9.39. The van der Waals surface area contributed by atoms with Gasteiger partial charge in [-0.3, -0.25) is 0 Å². The van der Waals surface area contributed by atoms with Crippen molar-refractivity contribution in [1.29, 1.82) is 0 Å². The highest BCUT2D eigenvalue weighted by molar-refractivity contribution is 6.77. The van der Waals surface area contributed by atoms with Crippen LogP contribution in [-0.4, -0.2) is 28.9 Å². The zero-order valence-electron chi connectivity index (χ0n) is 7.52. The summed E-state index contributed by atoms with van der Waals surface area (Å²) in [5, 5.41) is 0. The van der Waals surface area contributed by atoms with E-state index in [0.717, 1.165) is 6.04 Å². The predicted molar refractivity (Wildman–Crippen MR) is 50.3 cm³/mol. The van der Waals surface area contributed by atoms with Gasteiger partial charge in [0.15, 0.2) is 0 Å². The lowest BCUT2D eigenvalue weighted by molar-refractivity contribution is 0.538. The van der Waals surface area contributed by atoms with E-state index in [1.54, 1.807) is 0 Å². The van der Waals surface area contributed by atoms with Crippen molar-refractivity contribution in [2.24, 2.45) is 0 Å². The van der Waals surface area contributed by atoms with Crippen molar-refractivity contribution in [2.75, 3.05) is 0 Å². The first-order chi connectivity index (χ1) is 3.85. The molecule has 0 spiro atoms. The molecule has 0 unspecified atom stereocenters. The molecule has 0 radical (unpaired) electrons. The molecule has 1 nitrogen and oxygen atoms in total. The second-order valence-electron chi connectivity index (χ2n) is 3.88. The topological polar surface area (TPSA) is 3.24 Å². The molecule has 0 rings (SSSR count). The van der Waals surface area contributed by atoms with Crippen LogP contribution in [0, 0.1) is 0 Å². The molecular formula is C6H19NSi2. The number of rotatable bonds is 2. The fraction of sp³-hybridized carbons (Fsp3) is 1.00. The van der Waals surface area contributed by atoms with Gasteiger partial charge in [0.05, 0.1) is 10.4 Å². The van der Waals surface area contributed by atoms with Gasteiger partial charge in [0.2, 0.25) is 0 Å². The van der Waals surface area contributed by atoms with Crippen LogP contribution in [0.25, 0.3) is 0 Å². The molecule has 0 aliphatic rings. The second kappa shape index (κ2) is 2.99. The van der Waals surface area contributed by atoms with Crippen molar-refractivity contribution in [2.45, 2.75) is 39.5 Å². The summed E-state index contributed by atoms with van der Waals surface area (Å²) >= 11 is 0. The lowest BCUT2D eigenvalue weighted by atomic mass is 10.4. The van der Waals surface area contributed by atoms with Gasteiger partial charge in [-0.05, 0) is 6.04 Å². The third kappa shape index (κ3) is 3.18. The molecule has 0 heterocycles. The molecule has 0 aliphatic carbocycles. The molecule has 0 amide bonds. The first-order valence-electron chi connectivity index (χ1n) is 3.58. The quantitative estimate of drug-likeness (QED) is 0.542. The maximum atomic E-state index is 2.63. The third-order valence-electron chi connectivity index (χ3n) is 1.83. The normalized spacial score (nSPS) is 13.7. The van der Waals surface area contributed by atoms with Crippen LogP contribution in [0.3, 0.4) is 0 Å². The van der Waals surface area contributed by atoms with Crippen LogP contribution in [0.1, 0.15) is 13.8 Å². The molecule has 0 bridgehead atoms. The molecular weight excluding hydrogens is 142 g/mol. The summed E-state index contributed by atoms with van der Waals surface area (Å²) in [6.45, 7) is 11.8. The van der Waals surface area contributed by atoms with E-state index in [1.165, 1.54) is 10.4 Å². The van der Waals surface area contributed by atoms with Crippen molar-refractivity contribution >= 4 is 18.6 Å². The van der Waals surface area contributed by atoms with Gasteiger partial charge in [-0.2, -0.15) is 0 Å². The van der Waals surface area contributed by atoms with Gasteiger partial charge in [0.1, 0.15) is 8.24 Å². The number of hydrogen-bond acceptors (Lipinski definition) is 1. The lowest BCUT2D eigenvalue weighted by Gasteiger charge is -2.34. The summed E-state index contributed by atoms with van der Waals surface area (Å²) in [6, 6.07) is 0.767. The van der Waals surface area contributed by atoms with Crippen LogP contribution in [0.5, 0.6) is 0 Å². The Hall–Kier alpha value is 0.394. The Balaban J connectivity index is 3.88. The molecule has 0 aliphatic heterocycles. The minimum Gasteiger partial charge on any atom is -0.351 e. The molecule has 0 N–H and O–H groups in total. The molecule has 0 aromatic carbocycles. The summed E-state index contributed by atoms with van der Waals surface area (Å²) in [5.41, 5.74) is 0. The minimum atomic E-state index is -0.929. The zero-order chi connectivity index (χ0) is 7.65. The lowest BCUT2D eigenvalue weighted by Crippen LogP contribution is -2.48. The Morgan fingerprint density at radius 1 is 1.22 bits per heavy atom. The molecule has 0 saturated heterocycles. The highest BCUT2D eigenvalue weighted by atomic mass is 28.4. The molecule has 56 valence electrons. The van der Waals surface area contributed by atoms with Crippen LogP contribution in [0.15, 0.2) is 0 Å². The molecule has 0 aromatic rings. The Morgan fingerprint density at radius 3 is 1.56 bits per heavy atom. The maximum Gasteiger partial charge on any atom is 0.111 e. The minimum absolute atomic E-state index is 0.767. The van der Waals surface area contributed by atoms with E-state index in [1.807, 2.05) is 0 Å². The largest absolute Gasteiger partial charge is 0.351 e. The van der Waals surface area contributed by atoms with Gasteiger partial charge in [-0.25, -0.2) is 0 Å². The van der Waals surface area contributed by atoms with Crippen LogP contribution >= 0.6 is 0 Å². The van der Waals surface area contributed by atoms with Gasteiger partial charge in [0.25, 0.3) is 0 Å². The molecule has 9 heavy (non-hydrogen) atoms. The van der Waals surface area contributed by atoms with E-state index in [4.69, 9.17) is 0 Å². The van der Waals surface area contributed by atoms with Gasteiger partial charge in [-0.15, -0.1) is 0 Å². The molecule has 3 heteroatoms. The summed E-state index contributed by atoms with van der Waals surface area (Å²) in [7, 11) is 0.299. The van der Waals surface area contributed by atoms with Crippen LogP contribution < -0.4 is 0 Å². The standard InChI is InChI=1S/C6H19NSi2/c1-6(2)7(8)9(3,4)5/h6H,1-5,8H3. The number of hydrogen-bond donors (Lipinski definition) is 0. The summed E-state index contributed by atoms with van der Waals surface area (Å²) < 4.78 is 2.63. The van der Waals surface area contributed by atoms with Gasteiger partial charge in [-0.1, -0.05) is 33.5 Å². The Kier molecular flexibility index (Phi) is 3.12. The second-order valence-corrected chi connectivity index (χ2v) is 10.8. The van der Waals surface area contributed by atoms with Crippen molar-refractivity contribution in [1.82, 2.24) is 4.23 Å². The Bertz CT molecular complexity index is 85.5. The smallest absolute Gasteiger partial charge is 0.111 e. The van der Waals surface area contributed by atoms with Crippen molar-refractivity contribution < 1.29 is 0 Å². The highest BCUT2D eigenvalue weighted by Gasteiger charge is 2.20. The third-order valence-corrected chi connectivity index (χ3v) is 9.52. The van der Waals surface area contributed by atoms with Gasteiger partial charge in [0, 0.05) is 0 Å². The highest BCUT2D eigenvalue weighted by Crippen LogP contribution is 2.08. The van der Waals surface area contributed by atoms with E-state index < -0.39 is 8.24 Å². The van der Waals surface area contributed by atoms with E-state index in [0.29, 0.717) is 0 Å². The Morgan fingerprint density at radius 2 is 1.56 bits per heavy atom. The van der Waals surface area contributed by atoms with Crippen molar-refractivity contribution in [3.8, 4) is 0 Å². The molecule has 0 atom stereocenters. The SMILES string of the molecule is CC(C)N([SiH3])[Si](C)(C)C. The fourth-order valence-corrected chi connectivity index (χ4v) is 2.32. The summed E-state index contributed by atoms with van der Waals surface area (Å²) in [4.78, 5) is 0. The Labute approximate surface area is 63.0 Å². The van der Waals surface area contributed by atoms with Gasteiger partial charge < -0.3 is 4.23 Å². The van der Waals surface area contributed by atoms with E-state index in [-0.39, 0.29) is 0 Å². The average Bonchev–Trinajstić information content (AvgIpc) is 1.62. The predicted octanol–water partition coefficient (Wildman–Crippen LogP) is 0.812. The zero-order valence-corrected chi connectivity index (χ0v) is 10.5. The molecule has 0 fully saturated rings. The van der Waals surface area contributed by atoms with E-state index in [9.17, 15) is 0 Å². The summed E-state index contributed by atoms with van der Waals surface area (Å²) in [5.74, 6) is 0.